The van der Waals surface area contributed by atoms with Crippen LogP contribution in [-0.4, -0.2) is 127 Å². The van der Waals surface area contributed by atoms with Gasteiger partial charge in [-0.15, -0.1) is 0 Å². The van der Waals surface area contributed by atoms with Crippen molar-refractivity contribution in [3.63, 3.8) is 0 Å². The number of amides is 2. The van der Waals surface area contributed by atoms with Gasteiger partial charge in [-0.3, -0.25) is 14.5 Å². The van der Waals surface area contributed by atoms with Crippen molar-refractivity contribution >= 4 is 40.4 Å². The fourth-order valence-electron chi connectivity index (χ4n) is 5.87. The summed E-state index contributed by atoms with van der Waals surface area (Å²) in [5.41, 5.74) is 0.392. The molecule has 4 rings (SSSR count). The van der Waals surface area contributed by atoms with E-state index in [4.69, 9.17) is 9.47 Å². The van der Waals surface area contributed by atoms with Crippen LogP contribution in [-0.2, 0) is 46.7 Å². The smallest absolute Gasteiger partial charge is 0.488 e. The second-order valence-electron chi connectivity index (χ2n) is 13.4. The van der Waals surface area contributed by atoms with E-state index in [1.807, 2.05) is 0 Å². The number of esters is 1. The van der Waals surface area contributed by atoms with Crippen LogP contribution in [0.5, 0.6) is 5.75 Å². The summed E-state index contributed by atoms with van der Waals surface area (Å²) < 4.78 is 38.2. The number of rotatable bonds is 14. The highest BCUT2D eigenvalue weighted by Gasteiger charge is 2.40. The Bertz CT molecular complexity index is 1560. The summed E-state index contributed by atoms with van der Waals surface area (Å²) in [4.78, 5) is 43.6. The van der Waals surface area contributed by atoms with Crippen LogP contribution in [0.25, 0.3) is 0 Å². The minimum atomic E-state index is -3.75. The van der Waals surface area contributed by atoms with Crippen molar-refractivity contribution in [2.75, 3.05) is 45.1 Å². The molecule has 0 spiro atoms. The molecular formula is C33H47BN4O10S. The molecular weight excluding hydrogens is 655 g/mol. The van der Waals surface area contributed by atoms with Crippen LogP contribution < -0.4 is 16.1 Å². The Labute approximate surface area is 288 Å². The molecule has 49 heavy (non-hydrogen) atoms. The van der Waals surface area contributed by atoms with E-state index in [1.54, 1.807) is 45.0 Å². The van der Waals surface area contributed by atoms with E-state index in [0.717, 1.165) is 4.31 Å². The molecule has 2 aromatic carbocycles. The highest BCUT2D eigenvalue weighted by Crippen LogP contribution is 2.22. The first-order valence-electron chi connectivity index (χ1n) is 16.5. The van der Waals surface area contributed by atoms with Gasteiger partial charge in [-0.05, 0) is 68.8 Å². The first kappa shape index (κ1) is 38.3. The molecule has 2 saturated heterocycles. The lowest BCUT2D eigenvalue weighted by atomic mass is 9.79. The Hall–Kier alpha value is -3.54. The first-order valence-corrected chi connectivity index (χ1v) is 18.1. The molecule has 2 amide bonds. The maximum atomic E-state index is 14.0. The highest BCUT2D eigenvalue weighted by atomic mass is 32.2. The monoisotopic (exact) mass is 702 g/mol. The van der Waals surface area contributed by atoms with Gasteiger partial charge in [0.15, 0.2) is 0 Å². The van der Waals surface area contributed by atoms with Gasteiger partial charge < -0.3 is 35.3 Å². The molecule has 0 radical (unpaired) electrons. The average Bonchev–Trinajstić information content (AvgIpc) is 3.39. The summed E-state index contributed by atoms with van der Waals surface area (Å²) >= 11 is 0. The predicted molar refractivity (Wildman–Crippen MR) is 182 cm³/mol. The van der Waals surface area contributed by atoms with Crippen molar-refractivity contribution in [2.45, 2.75) is 70.2 Å². The molecule has 14 nitrogen and oxygen atoms in total. The minimum Gasteiger partial charge on any atom is -0.508 e. The maximum Gasteiger partial charge on any atom is 0.488 e. The molecule has 2 heterocycles. The van der Waals surface area contributed by atoms with Crippen LogP contribution in [0.1, 0.15) is 44.7 Å². The SMILES string of the molecule is CC(C)(C)OC(=O)[C@H](Cc1cccc(B(O)O)c1)NC(=O)[C@H](CCN1CCOCC1)NC(=O)[C@H](Cc1cccc(O)c1)N1CCCS1(=O)=O. The van der Waals surface area contributed by atoms with E-state index in [1.165, 1.54) is 24.3 Å². The highest BCUT2D eigenvalue weighted by molar-refractivity contribution is 7.89. The zero-order valence-electron chi connectivity index (χ0n) is 28.2. The number of ether oxygens (including phenoxy) is 2. The standard InChI is InChI=1S/C33H47BN4O10S/c1-33(2,3)48-32(42)28(21-23-7-4-9-25(19-23)34(43)44)36-30(40)27(11-13-37-14-16-47-17-15-37)35-31(41)29(38-12-6-18-49(38,45)46)22-24-8-5-10-26(39)20-24/h4-5,7-10,19-20,27-29,39,43-44H,6,11-18,21-22H2,1-3H3,(H,35,41)(H,36,40)/t27-,28-,29-/m0/s1. The predicted octanol–water partition coefficient (Wildman–Crippen LogP) is -0.705. The van der Waals surface area contributed by atoms with Crippen molar-refractivity contribution in [1.82, 2.24) is 19.8 Å². The van der Waals surface area contributed by atoms with Gasteiger partial charge in [0.05, 0.1) is 19.0 Å². The van der Waals surface area contributed by atoms with Gasteiger partial charge in [0.2, 0.25) is 21.8 Å². The maximum absolute atomic E-state index is 14.0. The molecule has 16 heteroatoms. The van der Waals surface area contributed by atoms with Gasteiger partial charge in [0.1, 0.15) is 29.5 Å². The van der Waals surface area contributed by atoms with E-state index in [-0.39, 0.29) is 42.8 Å². The van der Waals surface area contributed by atoms with Gasteiger partial charge in [0, 0.05) is 32.6 Å². The second-order valence-corrected chi connectivity index (χ2v) is 15.4. The van der Waals surface area contributed by atoms with E-state index in [0.29, 0.717) is 50.4 Å². The van der Waals surface area contributed by atoms with Crippen molar-refractivity contribution < 1.29 is 47.4 Å². The lowest BCUT2D eigenvalue weighted by Crippen LogP contribution is -2.57. The van der Waals surface area contributed by atoms with Crippen LogP contribution >= 0.6 is 0 Å². The average molecular weight is 703 g/mol. The third-order valence-corrected chi connectivity index (χ3v) is 10.3. The van der Waals surface area contributed by atoms with E-state index in [2.05, 4.69) is 15.5 Å². The van der Waals surface area contributed by atoms with E-state index in [9.17, 15) is 38.0 Å². The molecule has 0 unspecified atom stereocenters. The van der Waals surface area contributed by atoms with Crippen molar-refractivity contribution in [3.05, 3.63) is 59.7 Å². The number of benzene rings is 2. The number of carbonyl (C=O) groups is 3. The Morgan fingerprint density at radius 2 is 1.59 bits per heavy atom. The van der Waals surface area contributed by atoms with Crippen LogP contribution in [0.15, 0.2) is 48.5 Å². The Morgan fingerprint density at radius 1 is 0.939 bits per heavy atom. The van der Waals surface area contributed by atoms with Gasteiger partial charge in [-0.1, -0.05) is 36.4 Å². The molecule has 2 fully saturated rings. The van der Waals surface area contributed by atoms with E-state index < -0.39 is 58.7 Å². The largest absolute Gasteiger partial charge is 0.508 e. The molecule has 2 aromatic rings. The third kappa shape index (κ3) is 11.5. The van der Waals surface area contributed by atoms with Crippen LogP contribution in [0.3, 0.4) is 0 Å². The topological polar surface area (TPSA) is 195 Å². The molecule has 268 valence electrons. The third-order valence-electron chi connectivity index (χ3n) is 8.30. The molecule has 0 aliphatic carbocycles. The van der Waals surface area contributed by atoms with Crippen LogP contribution in [0.4, 0.5) is 0 Å². The number of hydrogen-bond donors (Lipinski definition) is 5. The zero-order valence-corrected chi connectivity index (χ0v) is 29.0. The van der Waals surface area contributed by atoms with Crippen molar-refractivity contribution in [2.24, 2.45) is 0 Å². The summed E-state index contributed by atoms with van der Waals surface area (Å²) in [5.74, 6) is -2.22. The number of sulfonamides is 1. The molecule has 2 aliphatic rings. The summed E-state index contributed by atoms with van der Waals surface area (Å²) in [7, 11) is -5.48. The Kier molecular flexibility index (Phi) is 13.2. The quantitative estimate of drug-likeness (QED) is 0.123. The molecule has 5 N–H and O–H groups in total. The fourth-order valence-corrected chi connectivity index (χ4v) is 7.56. The number of nitrogens with zero attached hydrogens (tertiary/aromatic N) is 2. The van der Waals surface area contributed by atoms with Gasteiger partial charge in [-0.2, -0.15) is 4.31 Å². The summed E-state index contributed by atoms with van der Waals surface area (Å²) in [6.07, 6.45) is 0.415. The fraction of sp³-hybridized carbons (Fsp3) is 0.545. The van der Waals surface area contributed by atoms with Gasteiger partial charge in [-0.25, -0.2) is 13.2 Å². The van der Waals surface area contributed by atoms with Crippen LogP contribution in [0, 0.1) is 0 Å². The molecule has 3 atom stereocenters. The lowest BCUT2D eigenvalue weighted by Gasteiger charge is -2.31. The molecule has 0 aromatic heterocycles. The number of phenolic OH excluding ortho intramolecular Hbond substituents is 1. The molecule has 0 bridgehead atoms. The number of aromatic hydroxyl groups is 1. The minimum absolute atomic E-state index is 0.0316. The summed E-state index contributed by atoms with van der Waals surface area (Å²) in [6.45, 7) is 7.91. The Morgan fingerprint density at radius 3 is 2.20 bits per heavy atom. The van der Waals surface area contributed by atoms with Crippen molar-refractivity contribution in [1.29, 1.82) is 0 Å². The van der Waals surface area contributed by atoms with Gasteiger partial charge in [0.25, 0.3) is 0 Å². The van der Waals surface area contributed by atoms with Gasteiger partial charge >= 0.3 is 13.1 Å². The number of hydrogen-bond acceptors (Lipinski definition) is 11. The van der Waals surface area contributed by atoms with E-state index >= 15 is 0 Å². The number of morpholine rings is 1. The second kappa shape index (κ2) is 16.9. The Balaban J connectivity index is 1.61. The summed E-state index contributed by atoms with van der Waals surface area (Å²) in [6, 6.07) is 8.95. The summed E-state index contributed by atoms with van der Waals surface area (Å²) in [5, 5.41) is 34.9. The molecule has 0 saturated carbocycles. The first-order chi connectivity index (χ1) is 23.1. The van der Waals surface area contributed by atoms with Crippen molar-refractivity contribution in [3.8, 4) is 5.75 Å². The molecule has 2 aliphatic heterocycles. The normalized spacial score (nSPS) is 18.6. The lowest BCUT2D eigenvalue weighted by molar-refractivity contribution is -0.158. The van der Waals surface area contributed by atoms with Crippen LogP contribution in [0.2, 0.25) is 0 Å². The number of phenols is 1. The number of nitrogens with one attached hydrogen (secondary N) is 2. The zero-order chi connectivity index (χ0) is 35.8. The number of carbonyl (C=O) groups excluding carboxylic acids is 3.